The fourth-order valence-electron chi connectivity index (χ4n) is 2.43. The molecule has 2 aromatic rings. The third kappa shape index (κ3) is 3.97. The van der Waals surface area contributed by atoms with Crippen LogP contribution in [0.3, 0.4) is 0 Å². The Labute approximate surface area is 135 Å². The maximum Gasteiger partial charge on any atom is 0.282 e. The Kier molecular flexibility index (Phi) is 5.06. The van der Waals surface area contributed by atoms with Crippen LogP contribution in [0.2, 0.25) is 0 Å². The Morgan fingerprint density at radius 1 is 1.17 bits per heavy atom. The van der Waals surface area contributed by atoms with Gasteiger partial charge in [-0.25, -0.2) is 0 Å². The summed E-state index contributed by atoms with van der Waals surface area (Å²) in [5.41, 5.74) is 0.830. The standard InChI is InChI=1S/C15H19N3O4S/c19-23(20,17-6-9-21-10-7-17)18(13-15-4-2-8-22-15)12-14-3-1-5-16-11-14/h1-5,8,11H,6-7,9-10,12-13H2. The maximum atomic E-state index is 13.0. The number of hydrogen-bond donors (Lipinski definition) is 0. The molecule has 1 aliphatic rings. The topological polar surface area (TPSA) is 75.9 Å². The van der Waals surface area contributed by atoms with Crippen LogP contribution in [0.15, 0.2) is 47.3 Å². The fraction of sp³-hybridized carbons (Fsp3) is 0.400. The summed E-state index contributed by atoms with van der Waals surface area (Å²) in [5.74, 6) is 0.603. The highest BCUT2D eigenvalue weighted by atomic mass is 32.2. The fourth-order valence-corrected chi connectivity index (χ4v) is 3.97. The number of morpholine rings is 1. The van der Waals surface area contributed by atoms with Gasteiger partial charge in [-0.3, -0.25) is 4.98 Å². The molecule has 0 aromatic carbocycles. The largest absolute Gasteiger partial charge is 0.468 e. The van der Waals surface area contributed by atoms with Gasteiger partial charge in [0.15, 0.2) is 0 Å². The quantitative estimate of drug-likeness (QED) is 0.793. The Balaban J connectivity index is 1.84. The Morgan fingerprint density at radius 3 is 2.65 bits per heavy atom. The van der Waals surface area contributed by atoms with E-state index in [9.17, 15) is 8.42 Å². The van der Waals surface area contributed by atoms with E-state index in [0.29, 0.717) is 32.1 Å². The van der Waals surface area contributed by atoms with Crippen molar-refractivity contribution in [2.45, 2.75) is 13.1 Å². The lowest BCUT2D eigenvalue weighted by molar-refractivity contribution is 0.0697. The third-order valence-electron chi connectivity index (χ3n) is 3.62. The molecule has 7 nitrogen and oxygen atoms in total. The maximum absolute atomic E-state index is 13.0. The highest BCUT2D eigenvalue weighted by Crippen LogP contribution is 2.18. The molecule has 1 saturated heterocycles. The predicted octanol–water partition coefficient (Wildman–Crippen LogP) is 1.25. The first kappa shape index (κ1) is 16.1. The summed E-state index contributed by atoms with van der Waals surface area (Å²) >= 11 is 0. The minimum Gasteiger partial charge on any atom is -0.468 e. The van der Waals surface area contributed by atoms with Crippen molar-refractivity contribution in [2.75, 3.05) is 26.3 Å². The normalized spacial score (nSPS) is 16.7. The van der Waals surface area contributed by atoms with E-state index in [1.807, 2.05) is 6.07 Å². The summed E-state index contributed by atoms with van der Waals surface area (Å²) in [4.78, 5) is 4.05. The lowest BCUT2D eigenvalue weighted by atomic mass is 10.3. The van der Waals surface area contributed by atoms with Gasteiger partial charge in [0.1, 0.15) is 5.76 Å². The molecule has 8 heteroatoms. The van der Waals surface area contributed by atoms with Gasteiger partial charge >= 0.3 is 0 Å². The van der Waals surface area contributed by atoms with E-state index in [-0.39, 0.29) is 13.1 Å². The van der Waals surface area contributed by atoms with Gasteiger partial charge < -0.3 is 9.15 Å². The van der Waals surface area contributed by atoms with Crippen molar-refractivity contribution in [1.29, 1.82) is 0 Å². The van der Waals surface area contributed by atoms with Gasteiger partial charge in [-0.05, 0) is 23.8 Å². The Bertz CT molecular complexity index is 698. The average Bonchev–Trinajstić information content (AvgIpc) is 3.09. The van der Waals surface area contributed by atoms with E-state index in [4.69, 9.17) is 9.15 Å². The number of ether oxygens (including phenoxy) is 1. The molecule has 3 heterocycles. The van der Waals surface area contributed by atoms with Crippen molar-refractivity contribution < 1.29 is 17.6 Å². The molecule has 0 spiro atoms. The number of aromatic nitrogens is 1. The van der Waals surface area contributed by atoms with E-state index < -0.39 is 10.2 Å². The van der Waals surface area contributed by atoms with Gasteiger partial charge in [-0.15, -0.1) is 0 Å². The first-order chi connectivity index (χ1) is 11.2. The molecule has 0 aliphatic carbocycles. The van der Waals surface area contributed by atoms with Crippen LogP contribution in [0.1, 0.15) is 11.3 Å². The summed E-state index contributed by atoms with van der Waals surface area (Å²) in [6.07, 6.45) is 4.87. The molecule has 23 heavy (non-hydrogen) atoms. The molecular formula is C15H19N3O4S. The second kappa shape index (κ2) is 7.22. The zero-order valence-corrected chi connectivity index (χ0v) is 13.5. The van der Waals surface area contributed by atoms with Gasteiger partial charge in [0.25, 0.3) is 10.2 Å². The van der Waals surface area contributed by atoms with Crippen LogP contribution >= 0.6 is 0 Å². The number of nitrogens with zero attached hydrogens (tertiary/aromatic N) is 3. The third-order valence-corrected chi connectivity index (χ3v) is 5.55. The van der Waals surface area contributed by atoms with Crippen LogP contribution in [0.5, 0.6) is 0 Å². The molecule has 124 valence electrons. The van der Waals surface area contributed by atoms with E-state index in [1.165, 1.54) is 8.61 Å². The summed E-state index contributed by atoms with van der Waals surface area (Å²) in [7, 11) is -3.60. The molecule has 0 amide bonds. The van der Waals surface area contributed by atoms with Crippen molar-refractivity contribution in [2.24, 2.45) is 0 Å². The molecular weight excluding hydrogens is 318 g/mol. The first-order valence-electron chi connectivity index (χ1n) is 7.40. The van der Waals surface area contributed by atoms with Gasteiger partial charge in [0.05, 0.1) is 26.0 Å². The summed E-state index contributed by atoms with van der Waals surface area (Å²) in [6, 6.07) is 7.17. The monoisotopic (exact) mass is 337 g/mol. The van der Waals surface area contributed by atoms with Crippen molar-refractivity contribution in [3.8, 4) is 0 Å². The molecule has 0 unspecified atom stereocenters. The number of rotatable bonds is 6. The summed E-state index contributed by atoms with van der Waals surface area (Å²) in [5, 5.41) is 0. The average molecular weight is 337 g/mol. The van der Waals surface area contributed by atoms with Crippen LogP contribution in [0.25, 0.3) is 0 Å². The minimum atomic E-state index is -3.60. The molecule has 0 atom stereocenters. The smallest absolute Gasteiger partial charge is 0.282 e. The van der Waals surface area contributed by atoms with Crippen molar-refractivity contribution in [3.63, 3.8) is 0 Å². The van der Waals surface area contributed by atoms with Gasteiger partial charge in [-0.1, -0.05) is 6.07 Å². The van der Waals surface area contributed by atoms with Crippen molar-refractivity contribution in [1.82, 2.24) is 13.6 Å². The van der Waals surface area contributed by atoms with E-state index in [0.717, 1.165) is 5.56 Å². The van der Waals surface area contributed by atoms with Crippen LogP contribution < -0.4 is 0 Å². The van der Waals surface area contributed by atoms with Gasteiger partial charge in [0.2, 0.25) is 0 Å². The van der Waals surface area contributed by atoms with Crippen LogP contribution in [-0.2, 0) is 28.0 Å². The summed E-state index contributed by atoms with van der Waals surface area (Å²) < 4.78 is 39.3. The van der Waals surface area contributed by atoms with Crippen molar-refractivity contribution >= 4 is 10.2 Å². The van der Waals surface area contributed by atoms with Crippen LogP contribution in [-0.4, -0.2) is 48.3 Å². The number of furan rings is 1. The SMILES string of the molecule is O=S(=O)(N1CCOCC1)N(Cc1cccnc1)Cc1ccco1. The molecule has 0 radical (unpaired) electrons. The highest BCUT2D eigenvalue weighted by Gasteiger charge is 2.31. The number of hydrogen-bond acceptors (Lipinski definition) is 5. The predicted molar refractivity (Wildman–Crippen MR) is 83.5 cm³/mol. The van der Waals surface area contributed by atoms with Gasteiger partial charge in [0, 0.05) is 32.0 Å². The Morgan fingerprint density at radius 2 is 2.00 bits per heavy atom. The second-order valence-electron chi connectivity index (χ2n) is 5.23. The molecule has 3 rings (SSSR count). The van der Waals surface area contributed by atoms with Crippen molar-refractivity contribution in [3.05, 3.63) is 54.2 Å². The van der Waals surface area contributed by atoms with E-state index in [2.05, 4.69) is 4.98 Å². The Hall–Kier alpha value is -1.74. The molecule has 1 aliphatic heterocycles. The van der Waals surface area contributed by atoms with Gasteiger partial charge in [-0.2, -0.15) is 17.0 Å². The minimum absolute atomic E-state index is 0.182. The zero-order valence-electron chi connectivity index (χ0n) is 12.7. The lowest BCUT2D eigenvalue weighted by Crippen LogP contribution is -2.48. The molecule has 2 aromatic heterocycles. The summed E-state index contributed by atoms with van der Waals surface area (Å²) in [6.45, 7) is 1.99. The first-order valence-corrected chi connectivity index (χ1v) is 8.80. The molecule has 0 bridgehead atoms. The molecule has 0 N–H and O–H groups in total. The number of pyridine rings is 1. The second-order valence-corrected chi connectivity index (χ2v) is 7.16. The molecule has 0 saturated carbocycles. The van der Waals surface area contributed by atoms with Crippen LogP contribution in [0.4, 0.5) is 0 Å². The molecule has 1 fully saturated rings. The van der Waals surface area contributed by atoms with E-state index in [1.54, 1.807) is 36.9 Å². The highest BCUT2D eigenvalue weighted by molar-refractivity contribution is 7.86. The zero-order chi connectivity index (χ0) is 16.1. The van der Waals surface area contributed by atoms with E-state index >= 15 is 0 Å². The lowest BCUT2D eigenvalue weighted by Gasteiger charge is -2.31. The van der Waals surface area contributed by atoms with Crippen LogP contribution in [0, 0.1) is 0 Å².